The van der Waals surface area contributed by atoms with Gasteiger partial charge in [-0.3, -0.25) is 4.98 Å². The molecule has 1 saturated carbocycles. The molecule has 0 unspecified atom stereocenters. The molecule has 1 fully saturated rings. The summed E-state index contributed by atoms with van der Waals surface area (Å²) >= 11 is 3.22. The second-order valence-electron chi connectivity index (χ2n) is 4.68. The van der Waals surface area contributed by atoms with E-state index >= 15 is 0 Å². The lowest BCUT2D eigenvalue weighted by Gasteiger charge is -2.17. The first-order valence-corrected chi connectivity index (χ1v) is 8.38. The Labute approximate surface area is 122 Å². The fourth-order valence-corrected chi connectivity index (χ4v) is 3.22. The van der Waals surface area contributed by atoms with Crippen molar-refractivity contribution in [3.8, 4) is 0 Å². The Kier molecular flexibility index (Phi) is 4.94. The number of likely N-dealkylation sites (N-methyl/N-ethyl adjacent to an activating group) is 1. The van der Waals surface area contributed by atoms with Gasteiger partial charge in [-0.1, -0.05) is 0 Å². The van der Waals surface area contributed by atoms with Crippen molar-refractivity contribution in [3.05, 3.63) is 22.9 Å². The molecule has 0 amide bonds. The molecule has 2 rings (SSSR count). The zero-order chi connectivity index (χ0) is 13.9. The Bertz CT molecular complexity index is 532. The molecule has 0 N–H and O–H groups in total. The van der Waals surface area contributed by atoms with Gasteiger partial charge in [0.25, 0.3) is 0 Å². The van der Waals surface area contributed by atoms with Crippen LogP contribution >= 0.6 is 15.9 Å². The summed E-state index contributed by atoms with van der Waals surface area (Å²) in [5.74, 6) is 0.691. The van der Waals surface area contributed by atoms with Crippen LogP contribution in [0.5, 0.6) is 0 Å². The van der Waals surface area contributed by atoms with Crippen molar-refractivity contribution in [2.75, 3.05) is 26.8 Å². The summed E-state index contributed by atoms with van der Waals surface area (Å²) in [7, 11) is -1.93. The van der Waals surface area contributed by atoms with Crippen molar-refractivity contribution in [1.82, 2.24) is 9.29 Å². The van der Waals surface area contributed by atoms with Crippen molar-refractivity contribution in [3.63, 3.8) is 0 Å². The summed E-state index contributed by atoms with van der Waals surface area (Å²) in [6.07, 6.45) is 5.37. The molecule has 1 heterocycles. The van der Waals surface area contributed by atoms with Gasteiger partial charge in [0.2, 0.25) is 10.0 Å². The molecule has 0 bridgehead atoms. The van der Waals surface area contributed by atoms with E-state index in [0.717, 1.165) is 6.61 Å². The predicted molar refractivity (Wildman–Crippen MR) is 75.3 cm³/mol. The van der Waals surface area contributed by atoms with Gasteiger partial charge in [-0.2, -0.15) is 4.31 Å². The summed E-state index contributed by atoms with van der Waals surface area (Å²) in [4.78, 5) is 4.06. The standard InChI is InChI=1S/C12H17BrN2O3S/c1-15(4-5-18-9-10-2-3-10)19(16,17)12-6-11(13)7-14-8-12/h6-8,10H,2-5,9H2,1H3. The van der Waals surface area contributed by atoms with Gasteiger partial charge in [0.15, 0.2) is 0 Å². The zero-order valence-electron chi connectivity index (χ0n) is 10.8. The van der Waals surface area contributed by atoms with E-state index in [1.54, 1.807) is 19.3 Å². The molecular weight excluding hydrogens is 332 g/mol. The van der Waals surface area contributed by atoms with Gasteiger partial charge in [0.05, 0.1) is 6.61 Å². The largest absolute Gasteiger partial charge is 0.380 e. The van der Waals surface area contributed by atoms with Crippen LogP contribution in [0.2, 0.25) is 0 Å². The Hall–Kier alpha value is -0.500. The number of hydrogen-bond acceptors (Lipinski definition) is 4. The summed E-state index contributed by atoms with van der Waals surface area (Å²) in [5.41, 5.74) is 0. The number of pyridine rings is 1. The molecular formula is C12H17BrN2O3S. The number of halogens is 1. The van der Waals surface area contributed by atoms with E-state index in [-0.39, 0.29) is 4.90 Å². The molecule has 0 aliphatic heterocycles. The third-order valence-corrected chi connectivity index (χ3v) is 5.24. The van der Waals surface area contributed by atoms with Gasteiger partial charge in [-0.05, 0) is 40.8 Å². The fourth-order valence-electron chi connectivity index (χ4n) is 1.56. The van der Waals surface area contributed by atoms with E-state index < -0.39 is 10.0 Å². The Morgan fingerprint density at radius 3 is 2.84 bits per heavy atom. The van der Waals surface area contributed by atoms with E-state index in [4.69, 9.17) is 4.74 Å². The molecule has 0 atom stereocenters. The first-order valence-electron chi connectivity index (χ1n) is 6.15. The van der Waals surface area contributed by atoms with Crippen molar-refractivity contribution >= 4 is 26.0 Å². The van der Waals surface area contributed by atoms with Gasteiger partial charge in [-0.15, -0.1) is 0 Å². The minimum atomic E-state index is -3.49. The molecule has 0 spiro atoms. The van der Waals surface area contributed by atoms with Crippen LogP contribution in [0.4, 0.5) is 0 Å². The van der Waals surface area contributed by atoms with Crippen LogP contribution in [-0.4, -0.2) is 44.5 Å². The second kappa shape index (κ2) is 6.30. The van der Waals surface area contributed by atoms with Crippen LogP contribution < -0.4 is 0 Å². The van der Waals surface area contributed by atoms with E-state index in [1.165, 1.54) is 23.3 Å². The SMILES string of the molecule is CN(CCOCC1CC1)S(=O)(=O)c1cncc(Br)c1. The molecule has 19 heavy (non-hydrogen) atoms. The molecule has 0 aromatic carbocycles. The van der Waals surface area contributed by atoms with Crippen LogP contribution in [0.1, 0.15) is 12.8 Å². The van der Waals surface area contributed by atoms with Crippen LogP contribution in [0.25, 0.3) is 0 Å². The van der Waals surface area contributed by atoms with E-state index in [2.05, 4.69) is 20.9 Å². The lowest BCUT2D eigenvalue weighted by atomic mass is 10.5. The van der Waals surface area contributed by atoms with Crippen molar-refractivity contribution in [2.45, 2.75) is 17.7 Å². The normalized spacial score (nSPS) is 15.9. The van der Waals surface area contributed by atoms with Gasteiger partial charge in [0, 0.05) is 37.1 Å². The molecule has 5 nitrogen and oxygen atoms in total. The van der Waals surface area contributed by atoms with Gasteiger partial charge in [-0.25, -0.2) is 8.42 Å². The van der Waals surface area contributed by atoms with Crippen LogP contribution in [0, 0.1) is 5.92 Å². The molecule has 0 saturated heterocycles. The first-order chi connectivity index (χ1) is 9.00. The highest BCUT2D eigenvalue weighted by Gasteiger charge is 2.23. The fraction of sp³-hybridized carbons (Fsp3) is 0.583. The average Bonchev–Trinajstić information content (AvgIpc) is 3.18. The Morgan fingerprint density at radius 1 is 1.47 bits per heavy atom. The highest BCUT2D eigenvalue weighted by molar-refractivity contribution is 9.10. The summed E-state index contributed by atoms with van der Waals surface area (Å²) in [5, 5.41) is 0. The second-order valence-corrected chi connectivity index (χ2v) is 7.64. The van der Waals surface area contributed by atoms with Crippen LogP contribution in [0.3, 0.4) is 0 Å². The highest BCUT2D eigenvalue weighted by Crippen LogP contribution is 2.28. The Balaban J connectivity index is 1.90. The van der Waals surface area contributed by atoms with Gasteiger partial charge in [0.1, 0.15) is 4.90 Å². The van der Waals surface area contributed by atoms with E-state index in [0.29, 0.717) is 23.5 Å². The van der Waals surface area contributed by atoms with Crippen LogP contribution in [0.15, 0.2) is 27.8 Å². The summed E-state index contributed by atoms with van der Waals surface area (Å²) in [6.45, 7) is 1.52. The van der Waals surface area contributed by atoms with Crippen molar-refractivity contribution in [1.29, 1.82) is 0 Å². The molecule has 1 aliphatic carbocycles. The minimum absolute atomic E-state index is 0.187. The number of aromatic nitrogens is 1. The Morgan fingerprint density at radius 2 is 2.21 bits per heavy atom. The molecule has 7 heteroatoms. The smallest absolute Gasteiger partial charge is 0.244 e. The molecule has 1 aromatic heterocycles. The quantitative estimate of drug-likeness (QED) is 0.706. The minimum Gasteiger partial charge on any atom is -0.380 e. The maximum atomic E-state index is 12.2. The van der Waals surface area contributed by atoms with Crippen molar-refractivity contribution in [2.24, 2.45) is 5.92 Å². The lowest BCUT2D eigenvalue weighted by molar-refractivity contribution is 0.117. The van der Waals surface area contributed by atoms with Gasteiger partial charge >= 0.3 is 0 Å². The summed E-state index contributed by atoms with van der Waals surface area (Å²) in [6, 6.07) is 1.55. The number of sulfonamides is 1. The zero-order valence-corrected chi connectivity index (χ0v) is 13.2. The third kappa shape index (κ3) is 4.24. The third-order valence-electron chi connectivity index (χ3n) is 2.99. The van der Waals surface area contributed by atoms with Crippen LogP contribution in [-0.2, 0) is 14.8 Å². The molecule has 1 aliphatic rings. The monoisotopic (exact) mass is 348 g/mol. The average molecular weight is 349 g/mol. The summed E-state index contributed by atoms with van der Waals surface area (Å²) < 4.78 is 31.9. The maximum absolute atomic E-state index is 12.2. The predicted octanol–water partition coefficient (Wildman–Crippen LogP) is 1.89. The molecule has 0 radical (unpaired) electrons. The number of hydrogen-bond donors (Lipinski definition) is 0. The number of rotatable bonds is 7. The number of ether oxygens (including phenoxy) is 1. The van der Waals surface area contributed by atoms with E-state index in [1.807, 2.05) is 0 Å². The van der Waals surface area contributed by atoms with E-state index in [9.17, 15) is 8.42 Å². The van der Waals surface area contributed by atoms with Crippen molar-refractivity contribution < 1.29 is 13.2 Å². The first kappa shape index (κ1) is 14.9. The maximum Gasteiger partial charge on any atom is 0.244 e. The molecule has 1 aromatic rings. The molecule has 106 valence electrons. The number of nitrogens with zero attached hydrogens (tertiary/aromatic N) is 2. The van der Waals surface area contributed by atoms with Gasteiger partial charge < -0.3 is 4.74 Å². The highest BCUT2D eigenvalue weighted by atomic mass is 79.9. The lowest BCUT2D eigenvalue weighted by Crippen LogP contribution is -2.30. The topological polar surface area (TPSA) is 59.5 Å².